The summed E-state index contributed by atoms with van der Waals surface area (Å²) in [6, 6.07) is 9.10. The topological polar surface area (TPSA) is 88.6 Å². The van der Waals surface area contributed by atoms with Gasteiger partial charge in [-0.15, -0.1) is 11.3 Å². The Morgan fingerprint density at radius 2 is 2.14 bits per heavy atom. The number of urea groups is 1. The van der Waals surface area contributed by atoms with Crippen LogP contribution in [-0.2, 0) is 0 Å². The lowest BCUT2D eigenvalue weighted by Crippen LogP contribution is -2.51. The monoisotopic (exact) mass is 399 g/mol. The first-order chi connectivity index (χ1) is 13.7. The number of thiazole rings is 1. The molecule has 28 heavy (non-hydrogen) atoms. The average molecular weight is 399 g/mol. The molecule has 1 aliphatic rings. The number of carbonyl (C=O) groups excluding carboxylic acids is 1. The highest BCUT2D eigenvalue weighted by atomic mass is 32.1. The fourth-order valence-corrected chi connectivity index (χ4v) is 3.90. The third-order valence-electron chi connectivity index (χ3n) is 4.38. The van der Waals surface area contributed by atoms with Crippen molar-refractivity contribution in [2.45, 2.75) is 6.23 Å². The van der Waals surface area contributed by atoms with E-state index >= 15 is 0 Å². The summed E-state index contributed by atoms with van der Waals surface area (Å²) in [6.07, 6.45) is 2.57. The van der Waals surface area contributed by atoms with Crippen molar-refractivity contribution in [1.29, 1.82) is 0 Å². The molecule has 0 bridgehead atoms. The van der Waals surface area contributed by atoms with Gasteiger partial charge in [0, 0.05) is 32.4 Å². The van der Waals surface area contributed by atoms with Crippen LogP contribution in [0.3, 0.4) is 0 Å². The second-order valence-corrected chi connectivity index (χ2v) is 7.32. The highest BCUT2D eigenvalue weighted by Crippen LogP contribution is 2.30. The third kappa shape index (κ3) is 4.15. The standard InChI is InChI=1S/C19H21N5O3S/c1-26-13-4-5-15-16(11-13)28-18(22-15)17(27-14-3-2-6-21-12-14)23-19(25)24-9-7-20-8-10-24/h2-6,11-12,17,20H,7-10H2,1H3,(H,23,25). The van der Waals surface area contributed by atoms with Crippen LogP contribution in [-0.4, -0.2) is 54.2 Å². The number of hydrogen-bond donors (Lipinski definition) is 2. The Bertz CT molecular complexity index is 943. The van der Waals surface area contributed by atoms with Gasteiger partial charge >= 0.3 is 6.03 Å². The van der Waals surface area contributed by atoms with E-state index in [0.29, 0.717) is 23.8 Å². The van der Waals surface area contributed by atoms with E-state index in [2.05, 4.69) is 20.6 Å². The van der Waals surface area contributed by atoms with Crippen molar-refractivity contribution in [2.24, 2.45) is 0 Å². The number of rotatable bonds is 5. The van der Waals surface area contributed by atoms with E-state index in [1.54, 1.807) is 36.5 Å². The molecule has 1 atom stereocenters. The molecule has 146 valence electrons. The quantitative estimate of drug-likeness (QED) is 0.641. The van der Waals surface area contributed by atoms with Gasteiger partial charge in [-0.05, 0) is 30.3 Å². The van der Waals surface area contributed by atoms with Gasteiger partial charge in [-0.3, -0.25) is 10.3 Å². The van der Waals surface area contributed by atoms with Gasteiger partial charge in [0.25, 0.3) is 0 Å². The van der Waals surface area contributed by atoms with Gasteiger partial charge in [0.05, 0.1) is 23.5 Å². The lowest BCUT2D eigenvalue weighted by atomic mass is 10.3. The van der Waals surface area contributed by atoms with Gasteiger partial charge < -0.3 is 19.7 Å². The van der Waals surface area contributed by atoms with Crippen molar-refractivity contribution in [3.05, 3.63) is 47.7 Å². The normalized spacial score (nSPS) is 15.2. The minimum absolute atomic E-state index is 0.174. The predicted octanol–water partition coefficient (Wildman–Crippen LogP) is 2.39. The van der Waals surface area contributed by atoms with Crippen LogP contribution in [0.1, 0.15) is 11.2 Å². The number of fused-ring (bicyclic) bond motifs is 1. The SMILES string of the molecule is COc1ccc2nc(C(NC(=O)N3CCNCC3)Oc3cccnc3)sc2c1. The molecular formula is C19H21N5O3S. The molecule has 1 aliphatic heterocycles. The Morgan fingerprint density at radius 1 is 1.29 bits per heavy atom. The van der Waals surface area contributed by atoms with E-state index in [1.165, 1.54) is 11.3 Å². The maximum atomic E-state index is 12.7. The van der Waals surface area contributed by atoms with Crippen molar-refractivity contribution in [1.82, 2.24) is 25.5 Å². The van der Waals surface area contributed by atoms with Crippen LogP contribution in [0.2, 0.25) is 0 Å². The fourth-order valence-electron chi connectivity index (χ4n) is 2.93. The largest absolute Gasteiger partial charge is 0.497 e. The molecule has 8 nitrogen and oxygen atoms in total. The van der Waals surface area contributed by atoms with Crippen molar-refractivity contribution in [3.8, 4) is 11.5 Å². The number of carbonyl (C=O) groups is 1. The summed E-state index contributed by atoms with van der Waals surface area (Å²) >= 11 is 1.46. The maximum absolute atomic E-state index is 12.7. The maximum Gasteiger partial charge on any atom is 0.320 e. The Labute approximate surface area is 166 Å². The number of nitrogens with zero attached hydrogens (tertiary/aromatic N) is 3. The zero-order valence-corrected chi connectivity index (χ0v) is 16.2. The Balaban J connectivity index is 1.61. The zero-order chi connectivity index (χ0) is 19.3. The molecule has 2 aromatic heterocycles. The molecule has 4 rings (SSSR count). The Morgan fingerprint density at radius 3 is 2.89 bits per heavy atom. The summed E-state index contributed by atoms with van der Waals surface area (Å²) in [7, 11) is 1.63. The van der Waals surface area contributed by atoms with Crippen LogP contribution in [0, 0.1) is 0 Å². The van der Waals surface area contributed by atoms with Gasteiger partial charge in [0.15, 0.2) is 5.01 Å². The molecule has 1 fully saturated rings. The van der Waals surface area contributed by atoms with E-state index < -0.39 is 6.23 Å². The number of benzene rings is 1. The van der Waals surface area contributed by atoms with Gasteiger partial charge in [-0.1, -0.05) is 0 Å². The van der Waals surface area contributed by atoms with Gasteiger partial charge in [-0.2, -0.15) is 0 Å². The summed E-state index contributed by atoms with van der Waals surface area (Å²) in [6.45, 7) is 2.87. The lowest BCUT2D eigenvalue weighted by Gasteiger charge is -2.29. The fraction of sp³-hybridized carbons (Fsp3) is 0.316. The van der Waals surface area contributed by atoms with E-state index in [-0.39, 0.29) is 6.03 Å². The van der Waals surface area contributed by atoms with E-state index in [1.807, 2.05) is 18.2 Å². The predicted molar refractivity (Wildman–Crippen MR) is 107 cm³/mol. The number of piperazine rings is 1. The minimum Gasteiger partial charge on any atom is -0.497 e. The molecule has 0 aliphatic carbocycles. The second kappa shape index (κ2) is 8.41. The summed E-state index contributed by atoms with van der Waals surface area (Å²) in [5.74, 6) is 1.32. The molecule has 9 heteroatoms. The van der Waals surface area contributed by atoms with Crippen molar-refractivity contribution in [2.75, 3.05) is 33.3 Å². The number of aromatic nitrogens is 2. The molecule has 0 spiro atoms. The van der Waals surface area contributed by atoms with Crippen LogP contribution in [0.15, 0.2) is 42.7 Å². The molecule has 1 saturated heterocycles. The first-order valence-corrected chi connectivity index (χ1v) is 9.82. The van der Waals surface area contributed by atoms with Crippen LogP contribution < -0.4 is 20.1 Å². The number of amides is 2. The molecule has 1 unspecified atom stereocenters. The summed E-state index contributed by atoms with van der Waals surface area (Å²) < 4.78 is 12.3. The highest BCUT2D eigenvalue weighted by molar-refractivity contribution is 7.18. The average Bonchev–Trinajstić information content (AvgIpc) is 3.18. The van der Waals surface area contributed by atoms with E-state index in [4.69, 9.17) is 9.47 Å². The zero-order valence-electron chi connectivity index (χ0n) is 15.4. The molecule has 1 aromatic carbocycles. The summed E-state index contributed by atoms with van der Waals surface area (Å²) in [4.78, 5) is 23.2. The molecule has 3 aromatic rings. The Kier molecular flexibility index (Phi) is 5.54. The molecule has 3 heterocycles. The summed E-state index contributed by atoms with van der Waals surface area (Å²) in [5, 5.41) is 6.87. The highest BCUT2D eigenvalue weighted by Gasteiger charge is 2.25. The first kappa shape index (κ1) is 18.5. The minimum atomic E-state index is -0.713. The van der Waals surface area contributed by atoms with Crippen LogP contribution >= 0.6 is 11.3 Å². The second-order valence-electron chi connectivity index (χ2n) is 6.26. The number of hydrogen-bond acceptors (Lipinski definition) is 7. The van der Waals surface area contributed by atoms with Crippen molar-refractivity contribution in [3.63, 3.8) is 0 Å². The van der Waals surface area contributed by atoms with Crippen LogP contribution in [0.5, 0.6) is 11.5 Å². The van der Waals surface area contributed by atoms with Crippen LogP contribution in [0.25, 0.3) is 10.2 Å². The molecule has 0 saturated carbocycles. The third-order valence-corrected chi connectivity index (χ3v) is 5.44. The summed E-state index contributed by atoms with van der Waals surface area (Å²) in [5.41, 5.74) is 0.831. The number of methoxy groups -OCH3 is 1. The molecule has 0 radical (unpaired) electrons. The van der Waals surface area contributed by atoms with Gasteiger partial charge in [-0.25, -0.2) is 9.78 Å². The van der Waals surface area contributed by atoms with Gasteiger partial charge in [0.2, 0.25) is 6.23 Å². The van der Waals surface area contributed by atoms with E-state index in [0.717, 1.165) is 29.1 Å². The van der Waals surface area contributed by atoms with Crippen molar-refractivity contribution >= 4 is 27.6 Å². The number of pyridine rings is 1. The first-order valence-electron chi connectivity index (χ1n) is 9.00. The van der Waals surface area contributed by atoms with E-state index in [9.17, 15) is 4.79 Å². The molecule has 2 amide bonds. The molecular weight excluding hydrogens is 378 g/mol. The lowest BCUT2D eigenvalue weighted by molar-refractivity contribution is 0.139. The van der Waals surface area contributed by atoms with Crippen molar-refractivity contribution < 1.29 is 14.3 Å². The smallest absolute Gasteiger partial charge is 0.320 e. The van der Waals surface area contributed by atoms with Crippen LogP contribution in [0.4, 0.5) is 4.79 Å². The Hall–Kier alpha value is -2.91. The number of nitrogens with one attached hydrogen (secondary N) is 2. The van der Waals surface area contributed by atoms with Gasteiger partial charge in [0.1, 0.15) is 11.5 Å². The number of ether oxygens (including phenoxy) is 2. The molecule has 2 N–H and O–H groups in total.